The van der Waals surface area contributed by atoms with E-state index in [4.69, 9.17) is 11.6 Å². The van der Waals surface area contributed by atoms with E-state index < -0.39 is 5.60 Å². The number of hydrogen-bond donors (Lipinski definition) is 1. The van der Waals surface area contributed by atoms with Crippen molar-refractivity contribution in [2.24, 2.45) is 0 Å². The Morgan fingerprint density at radius 2 is 2.23 bits per heavy atom. The average molecular weight is 265 g/mol. The Bertz CT molecular complexity index is 309. The van der Waals surface area contributed by atoms with Gasteiger partial charge in [0.05, 0.1) is 20.8 Å². The van der Waals surface area contributed by atoms with E-state index in [0.717, 1.165) is 10.2 Å². The molecule has 0 fully saturated rings. The minimum absolute atomic E-state index is 0.480. The molecule has 0 saturated heterocycles. The highest BCUT2D eigenvalue weighted by Crippen LogP contribution is 2.26. The molecule has 13 heavy (non-hydrogen) atoms. The fourth-order valence-electron chi connectivity index (χ4n) is 0.993. The lowest BCUT2D eigenvalue weighted by Gasteiger charge is -2.17. The maximum Gasteiger partial charge on any atom is 0.0647 e. The topological polar surface area (TPSA) is 33.1 Å². The largest absolute Gasteiger partial charge is 0.390 e. The lowest BCUT2D eigenvalue weighted by atomic mass is 10.0. The standard InChI is InChI=1S/C9H11BrClNO/c1-9(2,13)5-7-8(10)6(11)3-4-12-7/h3-4,13H,5H2,1-2H3. The first-order valence-corrected chi connectivity index (χ1v) is 5.08. The van der Waals surface area contributed by atoms with E-state index >= 15 is 0 Å². The summed E-state index contributed by atoms with van der Waals surface area (Å²) in [4.78, 5) is 4.13. The van der Waals surface area contributed by atoms with Crippen molar-refractivity contribution in [3.8, 4) is 0 Å². The van der Waals surface area contributed by atoms with Crippen LogP contribution >= 0.6 is 27.5 Å². The van der Waals surface area contributed by atoms with Crippen LogP contribution in [0.15, 0.2) is 16.7 Å². The summed E-state index contributed by atoms with van der Waals surface area (Å²) in [6, 6.07) is 1.71. The number of nitrogens with zero attached hydrogens (tertiary/aromatic N) is 1. The van der Waals surface area contributed by atoms with Crippen molar-refractivity contribution in [2.75, 3.05) is 0 Å². The van der Waals surface area contributed by atoms with E-state index in [9.17, 15) is 5.11 Å². The molecule has 1 N–H and O–H groups in total. The molecule has 0 bridgehead atoms. The fraction of sp³-hybridized carbons (Fsp3) is 0.444. The molecular formula is C9H11BrClNO. The summed E-state index contributed by atoms with van der Waals surface area (Å²) in [5.41, 5.74) is 0.0141. The zero-order valence-corrected chi connectivity index (χ0v) is 9.85. The zero-order valence-electron chi connectivity index (χ0n) is 7.51. The van der Waals surface area contributed by atoms with Crippen LogP contribution in [0.4, 0.5) is 0 Å². The smallest absolute Gasteiger partial charge is 0.0647 e. The summed E-state index contributed by atoms with van der Waals surface area (Å²) in [6.07, 6.45) is 2.11. The van der Waals surface area contributed by atoms with Gasteiger partial charge in [-0.05, 0) is 35.8 Å². The molecule has 2 nitrogen and oxygen atoms in total. The molecule has 0 aliphatic carbocycles. The molecule has 1 heterocycles. The van der Waals surface area contributed by atoms with E-state index in [2.05, 4.69) is 20.9 Å². The predicted octanol–water partition coefficient (Wildman–Crippen LogP) is 2.81. The Balaban J connectivity index is 2.96. The van der Waals surface area contributed by atoms with Gasteiger partial charge in [0.25, 0.3) is 0 Å². The van der Waals surface area contributed by atoms with Crippen LogP contribution in [0.1, 0.15) is 19.5 Å². The first-order valence-electron chi connectivity index (χ1n) is 3.91. The molecule has 0 aliphatic rings. The molecule has 4 heteroatoms. The maximum atomic E-state index is 9.58. The van der Waals surface area contributed by atoms with Gasteiger partial charge in [-0.2, -0.15) is 0 Å². The number of halogens is 2. The summed E-state index contributed by atoms with van der Waals surface area (Å²) in [5.74, 6) is 0. The SMILES string of the molecule is CC(C)(O)Cc1nccc(Cl)c1Br. The fourth-order valence-corrected chi connectivity index (χ4v) is 1.53. The number of hydrogen-bond acceptors (Lipinski definition) is 2. The Hall–Kier alpha value is -0.120. The van der Waals surface area contributed by atoms with Crippen LogP contribution in [0.2, 0.25) is 5.02 Å². The Kier molecular flexibility index (Phi) is 3.33. The van der Waals surface area contributed by atoms with E-state index in [1.165, 1.54) is 0 Å². The van der Waals surface area contributed by atoms with Crippen LogP contribution in [0.3, 0.4) is 0 Å². The normalized spacial score (nSPS) is 11.8. The van der Waals surface area contributed by atoms with E-state index in [-0.39, 0.29) is 0 Å². The number of pyridine rings is 1. The second-order valence-electron chi connectivity index (χ2n) is 3.54. The van der Waals surface area contributed by atoms with Crippen molar-refractivity contribution in [3.63, 3.8) is 0 Å². The first-order chi connectivity index (χ1) is 5.90. The molecule has 0 aliphatic heterocycles. The lowest BCUT2D eigenvalue weighted by Crippen LogP contribution is -2.22. The van der Waals surface area contributed by atoms with Crippen molar-refractivity contribution in [1.29, 1.82) is 0 Å². The monoisotopic (exact) mass is 263 g/mol. The molecule has 1 aromatic rings. The van der Waals surface area contributed by atoms with Crippen LogP contribution in [-0.2, 0) is 6.42 Å². The van der Waals surface area contributed by atoms with Crippen molar-refractivity contribution in [2.45, 2.75) is 25.9 Å². The van der Waals surface area contributed by atoms with E-state index in [1.54, 1.807) is 26.1 Å². The van der Waals surface area contributed by atoms with Crippen molar-refractivity contribution in [3.05, 3.63) is 27.5 Å². The Labute approximate surface area is 91.1 Å². The number of rotatable bonds is 2. The van der Waals surface area contributed by atoms with Gasteiger partial charge in [-0.15, -0.1) is 0 Å². The summed E-state index contributed by atoms with van der Waals surface area (Å²) in [5, 5.41) is 10.2. The summed E-state index contributed by atoms with van der Waals surface area (Å²) in [7, 11) is 0. The molecule has 0 aromatic carbocycles. The minimum atomic E-state index is -0.764. The third kappa shape index (κ3) is 3.25. The molecule has 0 radical (unpaired) electrons. The Morgan fingerprint density at radius 1 is 1.62 bits per heavy atom. The van der Waals surface area contributed by atoms with Gasteiger partial charge in [0, 0.05) is 12.6 Å². The second kappa shape index (κ2) is 3.95. The van der Waals surface area contributed by atoms with Gasteiger partial charge in [-0.3, -0.25) is 4.98 Å². The third-order valence-corrected chi connectivity index (χ3v) is 2.94. The van der Waals surface area contributed by atoms with E-state index in [1.807, 2.05) is 0 Å². The van der Waals surface area contributed by atoms with Gasteiger partial charge >= 0.3 is 0 Å². The molecule has 0 atom stereocenters. The van der Waals surface area contributed by atoms with Crippen LogP contribution < -0.4 is 0 Å². The summed E-state index contributed by atoms with van der Waals surface area (Å²) < 4.78 is 0.763. The van der Waals surface area contributed by atoms with Gasteiger partial charge in [-0.25, -0.2) is 0 Å². The third-order valence-electron chi connectivity index (χ3n) is 1.51. The molecular weight excluding hydrogens is 253 g/mol. The van der Waals surface area contributed by atoms with Crippen LogP contribution in [0.25, 0.3) is 0 Å². The van der Waals surface area contributed by atoms with Crippen molar-refractivity contribution < 1.29 is 5.11 Å². The first kappa shape index (κ1) is 11.0. The van der Waals surface area contributed by atoms with Crippen molar-refractivity contribution >= 4 is 27.5 Å². The molecule has 1 rings (SSSR count). The highest BCUT2D eigenvalue weighted by molar-refractivity contribution is 9.10. The van der Waals surface area contributed by atoms with E-state index in [0.29, 0.717) is 11.4 Å². The Morgan fingerprint density at radius 3 is 2.77 bits per heavy atom. The van der Waals surface area contributed by atoms with Gasteiger partial charge in [-0.1, -0.05) is 11.6 Å². The minimum Gasteiger partial charge on any atom is -0.390 e. The van der Waals surface area contributed by atoms with Gasteiger partial charge in [0.2, 0.25) is 0 Å². The van der Waals surface area contributed by atoms with Gasteiger partial charge < -0.3 is 5.11 Å². The molecule has 0 unspecified atom stereocenters. The molecule has 0 amide bonds. The molecule has 0 saturated carbocycles. The molecule has 72 valence electrons. The van der Waals surface area contributed by atoms with Crippen LogP contribution in [-0.4, -0.2) is 15.7 Å². The van der Waals surface area contributed by atoms with Crippen molar-refractivity contribution in [1.82, 2.24) is 4.98 Å². The summed E-state index contributed by atoms with van der Waals surface area (Å²) >= 11 is 9.20. The molecule has 0 spiro atoms. The quantitative estimate of drug-likeness (QED) is 0.891. The average Bonchev–Trinajstić information content (AvgIpc) is 1.96. The van der Waals surface area contributed by atoms with Crippen LogP contribution in [0.5, 0.6) is 0 Å². The van der Waals surface area contributed by atoms with Crippen LogP contribution in [0, 0.1) is 0 Å². The van der Waals surface area contributed by atoms with Gasteiger partial charge in [0.15, 0.2) is 0 Å². The van der Waals surface area contributed by atoms with Gasteiger partial charge in [0.1, 0.15) is 0 Å². The summed E-state index contributed by atoms with van der Waals surface area (Å²) in [6.45, 7) is 3.48. The second-order valence-corrected chi connectivity index (χ2v) is 4.74. The number of aromatic nitrogens is 1. The maximum absolute atomic E-state index is 9.58. The predicted molar refractivity (Wildman–Crippen MR) is 56.9 cm³/mol. The highest BCUT2D eigenvalue weighted by Gasteiger charge is 2.17. The highest BCUT2D eigenvalue weighted by atomic mass is 79.9. The molecule has 1 aromatic heterocycles. The lowest BCUT2D eigenvalue weighted by molar-refractivity contribution is 0.0798. The number of aliphatic hydroxyl groups is 1. The zero-order chi connectivity index (χ0) is 10.1.